The van der Waals surface area contributed by atoms with Crippen LogP contribution in [0.2, 0.25) is 5.02 Å². The largest absolute Gasteiger partial charge is 0.494 e. The summed E-state index contributed by atoms with van der Waals surface area (Å²) in [7, 11) is 0. The summed E-state index contributed by atoms with van der Waals surface area (Å²) in [6.45, 7) is 8.13. The number of thiazole rings is 1. The van der Waals surface area contributed by atoms with Crippen LogP contribution in [-0.2, 0) is 16.1 Å². The average molecular weight is 603 g/mol. The molecule has 0 amide bonds. The molecule has 42 heavy (non-hydrogen) atoms. The van der Waals surface area contributed by atoms with Gasteiger partial charge in [0.05, 0.1) is 34.6 Å². The molecule has 0 N–H and O–H groups in total. The SMILES string of the molecule is CCOc1ccc([C@@H]2C(C(=O)OC(C)C)=C(C)N=c3s/c(=C/c4cccc(OCc5ccccc5Cl)c4)c(=O)n32)cc1. The van der Waals surface area contributed by atoms with E-state index in [9.17, 15) is 9.59 Å². The molecule has 0 aliphatic carbocycles. The standard InChI is InChI=1S/C33H31ClN2O5S/c1-5-39-25-15-13-23(14-16-25)30-29(32(38)41-20(2)3)21(4)35-33-36(30)31(37)28(42-33)18-22-9-8-11-26(17-22)40-19-24-10-6-7-12-27(24)34/h6-18,20,30H,5,19H2,1-4H3/b28-18+/t30-/m1/s1. The molecular weight excluding hydrogens is 572 g/mol. The van der Waals surface area contributed by atoms with E-state index in [-0.39, 0.29) is 11.7 Å². The number of carbonyl (C=O) groups excluding carboxylic acids is 1. The van der Waals surface area contributed by atoms with Gasteiger partial charge in [0.15, 0.2) is 4.80 Å². The Kier molecular flexibility index (Phi) is 8.94. The number of hydrogen-bond donors (Lipinski definition) is 0. The Morgan fingerprint density at radius 3 is 2.52 bits per heavy atom. The van der Waals surface area contributed by atoms with E-state index in [1.807, 2.05) is 85.8 Å². The van der Waals surface area contributed by atoms with Crippen LogP contribution >= 0.6 is 22.9 Å². The van der Waals surface area contributed by atoms with Crippen LogP contribution in [0.25, 0.3) is 6.08 Å². The summed E-state index contributed by atoms with van der Waals surface area (Å²) in [4.78, 5) is 32.4. The summed E-state index contributed by atoms with van der Waals surface area (Å²) in [5, 5.41) is 0.642. The van der Waals surface area contributed by atoms with Crippen molar-refractivity contribution in [2.75, 3.05) is 6.61 Å². The number of hydrogen-bond acceptors (Lipinski definition) is 7. The van der Waals surface area contributed by atoms with Crippen LogP contribution in [0.1, 0.15) is 50.4 Å². The molecule has 0 fully saturated rings. The molecule has 0 saturated carbocycles. The number of halogens is 1. The number of aromatic nitrogens is 1. The molecule has 5 rings (SSSR count). The van der Waals surface area contributed by atoms with Crippen molar-refractivity contribution < 1.29 is 19.0 Å². The summed E-state index contributed by atoms with van der Waals surface area (Å²) in [5.74, 6) is 0.860. The highest BCUT2D eigenvalue weighted by atomic mass is 35.5. The minimum Gasteiger partial charge on any atom is -0.494 e. The molecule has 0 saturated heterocycles. The highest BCUT2D eigenvalue weighted by molar-refractivity contribution is 7.07. The Morgan fingerprint density at radius 1 is 1.05 bits per heavy atom. The number of esters is 1. The van der Waals surface area contributed by atoms with Crippen molar-refractivity contribution in [1.29, 1.82) is 0 Å². The van der Waals surface area contributed by atoms with Gasteiger partial charge in [-0.05, 0) is 75.2 Å². The second-order valence-corrected chi connectivity index (χ2v) is 11.4. The molecule has 1 aliphatic heterocycles. The third kappa shape index (κ3) is 6.35. The van der Waals surface area contributed by atoms with E-state index in [0.717, 1.165) is 16.7 Å². The monoisotopic (exact) mass is 602 g/mol. The van der Waals surface area contributed by atoms with Crippen molar-refractivity contribution in [3.63, 3.8) is 0 Å². The van der Waals surface area contributed by atoms with Crippen LogP contribution in [0.15, 0.2) is 93.9 Å². The van der Waals surface area contributed by atoms with Crippen molar-refractivity contribution in [1.82, 2.24) is 4.57 Å². The maximum atomic E-state index is 13.9. The number of rotatable bonds is 9. The second-order valence-electron chi connectivity index (χ2n) is 9.99. The summed E-state index contributed by atoms with van der Waals surface area (Å²) in [5.41, 5.74) is 3.04. The summed E-state index contributed by atoms with van der Waals surface area (Å²) >= 11 is 7.54. The first-order chi connectivity index (χ1) is 20.2. The van der Waals surface area contributed by atoms with Crippen molar-refractivity contribution >= 4 is 35.0 Å². The Bertz CT molecular complexity index is 1820. The lowest BCUT2D eigenvalue weighted by molar-refractivity contribution is -0.143. The van der Waals surface area contributed by atoms with Gasteiger partial charge in [-0.25, -0.2) is 9.79 Å². The van der Waals surface area contributed by atoms with Crippen LogP contribution in [0.4, 0.5) is 0 Å². The van der Waals surface area contributed by atoms with Crippen LogP contribution in [0.5, 0.6) is 11.5 Å². The molecule has 2 heterocycles. The predicted octanol–water partition coefficient (Wildman–Crippen LogP) is 5.82. The van der Waals surface area contributed by atoms with E-state index in [1.54, 1.807) is 25.3 Å². The second kappa shape index (κ2) is 12.8. The molecule has 0 bridgehead atoms. The van der Waals surface area contributed by atoms with E-state index in [4.69, 9.17) is 25.8 Å². The fourth-order valence-corrected chi connectivity index (χ4v) is 5.95. The van der Waals surface area contributed by atoms with Gasteiger partial charge in [0, 0.05) is 10.6 Å². The Morgan fingerprint density at radius 2 is 1.81 bits per heavy atom. The zero-order valence-electron chi connectivity index (χ0n) is 23.8. The molecule has 0 unspecified atom stereocenters. The van der Waals surface area contributed by atoms with Crippen LogP contribution in [0, 0.1) is 0 Å². The van der Waals surface area contributed by atoms with Crippen molar-refractivity contribution in [3.05, 3.63) is 125 Å². The first-order valence-electron chi connectivity index (χ1n) is 13.7. The van der Waals surface area contributed by atoms with E-state index in [2.05, 4.69) is 4.99 Å². The topological polar surface area (TPSA) is 79.1 Å². The van der Waals surface area contributed by atoms with Gasteiger partial charge in [0.25, 0.3) is 5.56 Å². The molecule has 0 spiro atoms. The molecule has 1 atom stereocenters. The minimum atomic E-state index is -0.699. The number of nitrogens with zero attached hydrogens (tertiary/aromatic N) is 2. The third-order valence-corrected chi connectivity index (χ3v) is 7.95. The van der Waals surface area contributed by atoms with Crippen LogP contribution in [0.3, 0.4) is 0 Å². The van der Waals surface area contributed by atoms with Crippen molar-refractivity contribution in [2.24, 2.45) is 4.99 Å². The van der Waals surface area contributed by atoms with Gasteiger partial charge in [-0.2, -0.15) is 0 Å². The Hall–Kier alpha value is -4.14. The highest BCUT2D eigenvalue weighted by Gasteiger charge is 2.33. The zero-order chi connectivity index (χ0) is 29.8. The van der Waals surface area contributed by atoms with Gasteiger partial charge in [-0.1, -0.05) is 65.4 Å². The molecule has 0 radical (unpaired) electrons. The van der Waals surface area contributed by atoms with E-state index < -0.39 is 12.0 Å². The Balaban J connectivity index is 1.54. The molecule has 9 heteroatoms. The summed E-state index contributed by atoms with van der Waals surface area (Å²) < 4.78 is 19.2. The number of fused-ring (bicyclic) bond motifs is 1. The molecule has 1 aromatic heterocycles. The summed E-state index contributed by atoms with van der Waals surface area (Å²) in [6.07, 6.45) is 1.49. The summed E-state index contributed by atoms with van der Waals surface area (Å²) in [6, 6.07) is 21.8. The van der Waals surface area contributed by atoms with Gasteiger partial charge in [-0.3, -0.25) is 9.36 Å². The van der Waals surface area contributed by atoms with Crippen molar-refractivity contribution in [2.45, 2.75) is 46.4 Å². The molecule has 7 nitrogen and oxygen atoms in total. The van der Waals surface area contributed by atoms with Crippen LogP contribution in [-0.4, -0.2) is 23.2 Å². The lowest BCUT2D eigenvalue weighted by Gasteiger charge is -2.25. The average Bonchev–Trinajstić information content (AvgIpc) is 3.26. The first-order valence-corrected chi connectivity index (χ1v) is 14.9. The number of allylic oxidation sites excluding steroid dienone is 1. The first kappa shape index (κ1) is 29.4. The maximum Gasteiger partial charge on any atom is 0.338 e. The van der Waals surface area contributed by atoms with Crippen LogP contribution < -0.4 is 24.4 Å². The minimum absolute atomic E-state index is 0.248. The van der Waals surface area contributed by atoms with Gasteiger partial charge >= 0.3 is 5.97 Å². The van der Waals surface area contributed by atoms with E-state index in [1.165, 1.54) is 11.3 Å². The quantitative estimate of drug-likeness (QED) is 0.226. The smallest absolute Gasteiger partial charge is 0.338 e. The van der Waals surface area contributed by atoms with Gasteiger partial charge < -0.3 is 14.2 Å². The fraction of sp³-hybridized carbons (Fsp3) is 0.242. The zero-order valence-corrected chi connectivity index (χ0v) is 25.4. The highest BCUT2D eigenvalue weighted by Crippen LogP contribution is 2.32. The van der Waals surface area contributed by atoms with Gasteiger partial charge in [-0.15, -0.1) is 0 Å². The number of ether oxygens (including phenoxy) is 3. The molecule has 4 aromatic rings. The lowest BCUT2D eigenvalue weighted by atomic mass is 9.96. The van der Waals surface area contributed by atoms with Crippen molar-refractivity contribution in [3.8, 4) is 11.5 Å². The molecule has 1 aliphatic rings. The maximum absolute atomic E-state index is 13.9. The predicted molar refractivity (Wildman–Crippen MR) is 165 cm³/mol. The molecule has 216 valence electrons. The lowest BCUT2D eigenvalue weighted by Crippen LogP contribution is -2.40. The third-order valence-electron chi connectivity index (χ3n) is 6.60. The fourth-order valence-electron chi connectivity index (χ4n) is 4.71. The molecular formula is C33H31ClN2O5S. The van der Waals surface area contributed by atoms with E-state index >= 15 is 0 Å². The van der Waals surface area contributed by atoms with Gasteiger partial charge in [0.1, 0.15) is 18.1 Å². The molecule has 3 aromatic carbocycles. The normalized spacial score (nSPS) is 14.9. The number of benzene rings is 3. The van der Waals surface area contributed by atoms with E-state index in [0.29, 0.717) is 50.3 Å². The Labute approximate surface area is 253 Å². The number of carbonyl (C=O) groups is 1. The van der Waals surface area contributed by atoms with Gasteiger partial charge in [0.2, 0.25) is 0 Å².